The summed E-state index contributed by atoms with van der Waals surface area (Å²) in [4.78, 5) is 17.3. The van der Waals surface area contributed by atoms with E-state index in [-0.39, 0.29) is 5.91 Å². The fourth-order valence-electron chi connectivity index (χ4n) is 2.89. The Hall–Kier alpha value is -2.51. The van der Waals surface area contributed by atoms with Crippen molar-refractivity contribution in [2.75, 3.05) is 5.32 Å². The second-order valence-electron chi connectivity index (χ2n) is 5.87. The van der Waals surface area contributed by atoms with Crippen molar-refractivity contribution >= 4 is 48.5 Å². The lowest BCUT2D eigenvalue weighted by molar-refractivity contribution is 0.102. The fourth-order valence-corrected chi connectivity index (χ4v) is 4.02. The number of carbonyl (C=O) groups is 1. The molecule has 0 saturated carbocycles. The molecule has 2 aromatic carbocycles. The van der Waals surface area contributed by atoms with Crippen LogP contribution in [-0.2, 0) is 0 Å². The molecule has 1 amide bonds. The third-order valence-electron chi connectivity index (χ3n) is 4.10. The van der Waals surface area contributed by atoms with E-state index in [0.29, 0.717) is 16.4 Å². The van der Waals surface area contributed by atoms with E-state index in [1.807, 2.05) is 62.4 Å². The lowest BCUT2D eigenvalue weighted by Gasteiger charge is -2.05. The van der Waals surface area contributed by atoms with Crippen molar-refractivity contribution < 1.29 is 4.79 Å². The van der Waals surface area contributed by atoms with Gasteiger partial charge in [0, 0.05) is 4.47 Å². The summed E-state index contributed by atoms with van der Waals surface area (Å²) in [6.45, 7) is 3.74. The minimum Gasteiger partial charge on any atom is -0.298 e. The summed E-state index contributed by atoms with van der Waals surface area (Å²) >= 11 is 4.89. The summed E-state index contributed by atoms with van der Waals surface area (Å²) in [7, 11) is 0. The van der Waals surface area contributed by atoms with E-state index in [0.717, 1.165) is 26.1 Å². The highest BCUT2D eigenvalue weighted by molar-refractivity contribution is 9.10. The number of carbonyl (C=O) groups excluding carboxylic acids is 1. The number of aromatic nitrogens is 3. The number of amides is 1. The standard InChI is InChI=1S/C19H15BrN4OS/c1-11-17(12(2)24(23-11)14-9-7-13(20)8-10-14)18(25)22-19-21-15-5-3-4-6-16(15)26-19/h3-10H,1-2H3,(H,21,22,25). The Labute approximate surface area is 162 Å². The zero-order valence-electron chi connectivity index (χ0n) is 14.2. The first-order valence-corrected chi connectivity index (χ1v) is 9.63. The van der Waals surface area contributed by atoms with E-state index in [4.69, 9.17) is 0 Å². The van der Waals surface area contributed by atoms with Crippen molar-refractivity contribution in [2.45, 2.75) is 13.8 Å². The van der Waals surface area contributed by atoms with Gasteiger partial charge >= 0.3 is 0 Å². The first-order valence-electron chi connectivity index (χ1n) is 8.02. The number of thiazole rings is 1. The highest BCUT2D eigenvalue weighted by Gasteiger charge is 2.20. The van der Waals surface area contributed by atoms with E-state index >= 15 is 0 Å². The Bertz CT molecular complexity index is 1080. The summed E-state index contributed by atoms with van der Waals surface area (Å²) in [5.74, 6) is -0.192. The molecule has 0 radical (unpaired) electrons. The Morgan fingerprint density at radius 3 is 2.58 bits per heavy atom. The second-order valence-corrected chi connectivity index (χ2v) is 7.82. The van der Waals surface area contributed by atoms with Crippen molar-refractivity contribution in [1.82, 2.24) is 14.8 Å². The molecule has 0 atom stereocenters. The molecular formula is C19H15BrN4OS. The van der Waals surface area contributed by atoms with Gasteiger partial charge in [-0.2, -0.15) is 5.10 Å². The molecule has 2 aromatic heterocycles. The molecule has 7 heteroatoms. The van der Waals surface area contributed by atoms with Gasteiger partial charge in [-0.05, 0) is 50.2 Å². The number of fused-ring (bicyclic) bond motifs is 1. The minimum atomic E-state index is -0.192. The van der Waals surface area contributed by atoms with Crippen molar-refractivity contribution in [2.24, 2.45) is 0 Å². The molecule has 0 aliphatic carbocycles. The second kappa shape index (κ2) is 6.66. The molecular weight excluding hydrogens is 412 g/mol. The maximum atomic E-state index is 12.8. The predicted molar refractivity (Wildman–Crippen MR) is 108 cm³/mol. The molecule has 4 aromatic rings. The number of nitrogens with one attached hydrogen (secondary N) is 1. The molecule has 0 aliphatic rings. The van der Waals surface area contributed by atoms with Crippen LogP contribution in [0.1, 0.15) is 21.7 Å². The van der Waals surface area contributed by atoms with Gasteiger partial charge in [-0.15, -0.1) is 0 Å². The van der Waals surface area contributed by atoms with Crippen molar-refractivity contribution in [3.05, 3.63) is 70.0 Å². The molecule has 0 aliphatic heterocycles. The molecule has 0 fully saturated rings. The van der Waals surface area contributed by atoms with Gasteiger partial charge in [-0.25, -0.2) is 9.67 Å². The summed E-state index contributed by atoms with van der Waals surface area (Å²) in [6, 6.07) is 15.6. The first kappa shape index (κ1) is 16.9. The Morgan fingerprint density at radius 1 is 1.12 bits per heavy atom. The molecule has 0 unspecified atom stereocenters. The van der Waals surface area contributed by atoms with Gasteiger partial charge in [0.1, 0.15) is 0 Å². The average Bonchev–Trinajstić information content (AvgIpc) is 3.15. The minimum absolute atomic E-state index is 0.192. The quantitative estimate of drug-likeness (QED) is 0.494. The zero-order valence-corrected chi connectivity index (χ0v) is 16.6. The van der Waals surface area contributed by atoms with E-state index in [1.165, 1.54) is 11.3 Å². The lowest BCUT2D eigenvalue weighted by atomic mass is 10.2. The SMILES string of the molecule is Cc1nn(-c2ccc(Br)cc2)c(C)c1C(=O)Nc1nc2ccccc2s1. The maximum Gasteiger partial charge on any atom is 0.261 e. The third-order valence-corrected chi connectivity index (χ3v) is 5.58. The number of rotatable bonds is 3. The van der Waals surface area contributed by atoms with Crippen LogP contribution in [0.25, 0.3) is 15.9 Å². The monoisotopic (exact) mass is 426 g/mol. The Kier molecular flexibility index (Phi) is 4.34. The molecule has 5 nitrogen and oxygen atoms in total. The van der Waals surface area contributed by atoms with Crippen LogP contribution in [0.4, 0.5) is 5.13 Å². The van der Waals surface area contributed by atoms with E-state index in [1.54, 1.807) is 4.68 Å². The van der Waals surface area contributed by atoms with Gasteiger partial charge in [0.2, 0.25) is 0 Å². The number of nitrogens with zero attached hydrogens (tertiary/aromatic N) is 3. The van der Waals surface area contributed by atoms with Gasteiger partial charge in [0.25, 0.3) is 5.91 Å². The van der Waals surface area contributed by atoms with Gasteiger partial charge in [-0.3, -0.25) is 10.1 Å². The normalized spacial score (nSPS) is 11.0. The molecule has 2 heterocycles. The van der Waals surface area contributed by atoms with Crippen LogP contribution in [0.15, 0.2) is 53.0 Å². The Morgan fingerprint density at radius 2 is 1.85 bits per heavy atom. The molecule has 4 rings (SSSR count). The van der Waals surface area contributed by atoms with Crippen LogP contribution < -0.4 is 5.32 Å². The van der Waals surface area contributed by atoms with E-state index < -0.39 is 0 Å². The summed E-state index contributed by atoms with van der Waals surface area (Å²) in [6.07, 6.45) is 0. The van der Waals surface area contributed by atoms with Gasteiger partial charge < -0.3 is 0 Å². The number of anilines is 1. The number of hydrogen-bond acceptors (Lipinski definition) is 4. The molecule has 1 N–H and O–H groups in total. The molecule has 0 bridgehead atoms. The Balaban J connectivity index is 1.66. The highest BCUT2D eigenvalue weighted by Crippen LogP contribution is 2.27. The third kappa shape index (κ3) is 3.04. The van der Waals surface area contributed by atoms with Crippen LogP contribution in [0, 0.1) is 13.8 Å². The largest absolute Gasteiger partial charge is 0.298 e. The number of halogens is 1. The van der Waals surface area contributed by atoms with Gasteiger partial charge in [0.05, 0.1) is 32.9 Å². The molecule has 0 spiro atoms. The van der Waals surface area contributed by atoms with Gasteiger partial charge in [-0.1, -0.05) is 39.4 Å². The van der Waals surface area contributed by atoms with Crippen LogP contribution >= 0.6 is 27.3 Å². The average molecular weight is 427 g/mol. The summed E-state index contributed by atoms with van der Waals surface area (Å²) in [5.41, 5.74) is 3.85. The number of para-hydroxylation sites is 1. The van der Waals surface area contributed by atoms with Gasteiger partial charge in [0.15, 0.2) is 5.13 Å². The van der Waals surface area contributed by atoms with Crippen LogP contribution in [0.2, 0.25) is 0 Å². The predicted octanol–water partition coefficient (Wildman–Crippen LogP) is 5.11. The van der Waals surface area contributed by atoms with Crippen molar-refractivity contribution in [3.8, 4) is 5.69 Å². The number of hydrogen-bond donors (Lipinski definition) is 1. The van der Waals surface area contributed by atoms with E-state index in [2.05, 4.69) is 31.3 Å². The molecule has 26 heavy (non-hydrogen) atoms. The van der Waals surface area contributed by atoms with Crippen LogP contribution in [0.3, 0.4) is 0 Å². The maximum absolute atomic E-state index is 12.8. The fraction of sp³-hybridized carbons (Fsp3) is 0.105. The summed E-state index contributed by atoms with van der Waals surface area (Å²) < 4.78 is 3.83. The highest BCUT2D eigenvalue weighted by atomic mass is 79.9. The van der Waals surface area contributed by atoms with Crippen molar-refractivity contribution in [3.63, 3.8) is 0 Å². The molecule has 130 valence electrons. The van der Waals surface area contributed by atoms with Crippen LogP contribution in [0.5, 0.6) is 0 Å². The lowest BCUT2D eigenvalue weighted by Crippen LogP contribution is -2.14. The smallest absolute Gasteiger partial charge is 0.261 e. The van der Waals surface area contributed by atoms with Crippen LogP contribution in [-0.4, -0.2) is 20.7 Å². The topological polar surface area (TPSA) is 59.8 Å². The first-order chi connectivity index (χ1) is 12.5. The number of benzene rings is 2. The van der Waals surface area contributed by atoms with E-state index in [9.17, 15) is 4.79 Å². The molecule has 0 saturated heterocycles. The summed E-state index contributed by atoms with van der Waals surface area (Å²) in [5, 5.41) is 8.04. The van der Waals surface area contributed by atoms with Crippen molar-refractivity contribution in [1.29, 1.82) is 0 Å². The number of aryl methyl sites for hydroxylation is 1. The zero-order chi connectivity index (χ0) is 18.3.